The van der Waals surface area contributed by atoms with Crippen LogP contribution in [-0.2, 0) is 12.8 Å². The van der Waals surface area contributed by atoms with Gasteiger partial charge in [-0.25, -0.2) is 4.98 Å². The second-order valence-electron chi connectivity index (χ2n) is 5.18. The number of thiazole rings is 1. The molecule has 4 nitrogen and oxygen atoms in total. The zero-order chi connectivity index (χ0) is 11.9. The van der Waals surface area contributed by atoms with Crippen molar-refractivity contribution in [2.24, 2.45) is 0 Å². The fourth-order valence-electron chi connectivity index (χ4n) is 2.98. The first-order valence-corrected chi connectivity index (χ1v) is 7.50. The third-order valence-corrected chi connectivity index (χ3v) is 5.00. The molecular formula is C13H16N4S. The number of rotatable bonds is 2. The average molecular weight is 260 g/mol. The highest BCUT2D eigenvalue weighted by Gasteiger charge is 2.23. The molecule has 18 heavy (non-hydrogen) atoms. The van der Waals surface area contributed by atoms with Gasteiger partial charge in [-0.2, -0.15) is 5.10 Å². The Balaban J connectivity index is 1.65. The summed E-state index contributed by atoms with van der Waals surface area (Å²) < 4.78 is 0. The quantitative estimate of drug-likeness (QED) is 0.872. The summed E-state index contributed by atoms with van der Waals surface area (Å²) in [6, 6.07) is 0.640. The maximum atomic E-state index is 4.78. The van der Waals surface area contributed by atoms with Crippen LogP contribution in [0.4, 0.5) is 5.13 Å². The van der Waals surface area contributed by atoms with Gasteiger partial charge in [0.05, 0.1) is 11.9 Å². The molecule has 0 radical (unpaired) electrons. The molecule has 2 heterocycles. The fraction of sp³-hybridized carbons (Fsp3) is 0.538. The topological polar surface area (TPSA) is 53.6 Å². The predicted octanol–water partition coefficient (Wildman–Crippen LogP) is 2.99. The van der Waals surface area contributed by atoms with E-state index in [9.17, 15) is 0 Å². The van der Waals surface area contributed by atoms with Gasteiger partial charge in [-0.1, -0.05) is 12.8 Å². The Kier molecular flexibility index (Phi) is 2.40. The largest absolute Gasteiger partial charge is 0.359 e. The first kappa shape index (κ1) is 10.6. The van der Waals surface area contributed by atoms with Crippen molar-refractivity contribution >= 4 is 16.5 Å². The lowest BCUT2D eigenvalue weighted by Crippen LogP contribution is -2.13. The molecule has 1 saturated carbocycles. The van der Waals surface area contributed by atoms with Gasteiger partial charge >= 0.3 is 0 Å². The third-order valence-electron chi connectivity index (χ3n) is 3.96. The molecule has 0 atom stereocenters. The first-order chi connectivity index (χ1) is 8.90. The van der Waals surface area contributed by atoms with E-state index >= 15 is 0 Å². The number of nitrogens with one attached hydrogen (secondary N) is 2. The van der Waals surface area contributed by atoms with Gasteiger partial charge in [-0.05, 0) is 25.7 Å². The summed E-state index contributed by atoms with van der Waals surface area (Å²) in [6.45, 7) is 0. The average Bonchev–Trinajstić information content (AvgIpc) is 3.06. The van der Waals surface area contributed by atoms with E-state index in [2.05, 4.69) is 15.5 Å². The highest BCUT2D eigenvalue weighted by Crippen LogP contribution is 2.37. The van der Waals surface area contributed by atoms with E-state index in [-0.39, 0.29) is 0 Å². The van der Waals surface area contributed by atoms with Gasteiger partial charge in [-0.15, -0.1) is 11.3 Å². The molecule has 0 bridgehead atoms. The van der Waals surface area contributed by atoms with Crippen molar-refractivity contribution in [1.82, 2.24) is 15.2 Å². The lowest BCUT2D eigenvalue weighted by molar-refractivity contribution is 0.754. The molecule has 94 valence electrons. The van der Waals surface area contributed by atoms with Gasteiger partial charge in [0.15, 0.2) is 5.13 Å². The van der Waals surface area contributed by atoms with Crippen LogP contribution in [0.3, 0.4) is 0 Å². The van der Waals surface area contributed by atoms with Crippen molar-refractivity contribution in [3.8, 4) is 11.3 Å². The van der Waals surface area contributed by atoms with E-state index in [1.54, 1.807) is 0 Å². The van der Waals surface area contributed by atoms with Crippen molar-refractivity contribution in [3.63, 3.8) is 0 Å². The lowest BCUT2D eigenvalue weighted by Gasteiger charge is -2.09. The number of nitrogens with zero attached hydrogens (tertiary/aromatic N) is 2. The van der Waals surface area contributed by atoms with Gasteiger partial charge in [0.2, 0.25) is 0 Å². The summed E-state index contributed by atoms with van der Waals surface area (Å²) in [6.07, 6.45) is 9.36. The number of H-pyrrole nitrogens is 1. The van der Waals surface area contributed by atoms with E-state index in [1.165, 1.54) is 41.8 Å². The Morgan fingerprint density at radius 1 is 1.28 bits per heavy atom. The van der Waals surface area contributed by atoms with Crippen LogP contribution in [0.5, 0.6) is 0 Å². The van der Waals surface area contributed by atoms with Crippen molar-refractivity contribution in [3.05, 3.63) is 16.8 Å². The molecule has 2 N–H and O–H groups in total. The minimum atomic E-state index is 0.640. The molecule has 0 amide bonds. The maximum Gasteiger partial charge on any atom is 0.183 e. The van der Waals surface area contributed by atoms with Gasteiger partial charge in [-0.3, -0.25) is 5.10 Å². The zero-order valence-corrected chi connectivity index (χ0v) is 11.0. The molecule has 2 aliphatic rings. The number of fused-ring (bicyclic) bond motifs is 3. The molecule has 0 unspecified atom stereocenters. The van der Waals surface area contributed by atoms with Gasteiger partial charge in [0.25, 0.3) is 0 Å². The molecule has 0 spiro atoms. The fourth-order valence-corrected chi connectivity index (χ4v) is 4.04. The molecule has 0 aliphatic heterocycles. The number of aryl methyl sites for hydroxylation is 2. The summed E-state index contributed by atoms with van der Waals surface area (Å²) in [5.41, 5.74) is 3.59. The Morgan fingerprint density at radius 3 is 3.06 bits per heavy atom. The Bertz CT molecular complexity index is 565. The summed E-state index contributed by atoms with van der Waals surface area (Å²) in [7, 11) is 0. The number of aromatic nitrogens is 3. The number of anilines is 1. The van der Waals surface area contributed by atoms with Crippen molar-refractivity contribution < 1.29 is 0 Å². The van der Waals surface area contributed by atoms with Crippen LogP contribution >= 0.6 is 11.3 Å². The van der Waals surface area contributed by atoms with Crippen LogP contribution in [0, 0.1) is 0 Å². The van der Waals surface area contributed by atoms with Crippen LogP contribution in [0.25, 0.3) is 11.3 Å². The second-order valence-corrected chi connectivity index (χ2v) is 6.26. The lowest BCUT2D eigenvalue weighted by atomic mass is 10.0. The molecule has 5 heteroatoms. The van der Waals surface area contributed by atoms with E-state index < -0.39 is 0 Å². The van der Waals surface area contributed by atoms with Gasteiger partial charge in [0.1, 0.15) is 0 Å². The normalized spacial score (nSPS) is 18.7. The van der Waals surface area contributed by atoms with E-state index in [1.807, 2.05) is 17.5 Å². The maximum absolute atomic E-state index is 4.78. The van der Waals surface area contributed by atoms with Crippen LogP contribution in [0.1, 0.15) is 36.3 Å². The molecule has 1 fully saturated rings. The zero-order valence-electron chi connectivity index (χ0n) is 10.2. The first-order valence-electron chi connectivity index (χ1n) is 6.69. The monoisotopic (exact) mass is 260 g/mol. The highest BCUT2D eigenvalue weighted by molar-refractivity contribution is 7.16. The van der Waals surface area contributed by atoms with Crippen molar-refractivity contribution in [2.75, 3.05) is 5.32 Å². The molecule has 0 aromatic carbocycles. The standard InChI is InChI=1S/C13H16N4S/c1-2-4-8(3-1)15-13-16-12-9-7-14-17-10(9)5-6-11(12)18-13/h7-8H,1-6H2,(H,14,17)(H,15,16). The summed E-state index contributed by atoms with van der Waals surface area (Å²) in [5, 5.41) is 11.9. The summed E-state index contributed by atoms with van der Waals surface area (Å²) in [4.78, 5) is 6.18. The summed E-state index contributed by atoms with van der Waals surface area (Å²) >= 11 is 1.83. The molecule has 4 rings (SSSR count). The van der Waals surface area contributed by atoms with Crippen LogP contribution in [-0.4, -0.2) is 21.2 Å². The van der Waals surface area contributed by atoms with Crippen LogP contribution in [0.2, 0.25) is 0 Å². The van der Waals surface area contributed by atoms with Crippen molar-refractivity contribution in [2.45, 2.75) is 44.6 Å². The minimum Gasteiger partial charge on any atom is -0.359 e. The SMILES string of the molecule is c1n[nH]c2c1-c1nc(NC3CCCC3)sc1CC2. The van der Waals surface area contributed by atoms with Crippen LogP contribution in [0.15, 0.2) is 6.20 Å². The minimum absolute atomic E-state index is 0.640. The molecular weight excluding hydrogens is 244 g/mol. The molecule has 2 aromatic rings. The number of aromatic amines is 1. The second kappa shape index (κ2) is 4.09. The van der Waals surface area contributed by atoms with Gasteiger partial charge in [0, 0.05) is 22.2 Å². The smallest absolute Gasteiger partial charge is 0.183 e. The van der Waals surface area contributed by atoms with Crippen LogP contribution < -0.4 is 5.32 Å². The number of hydrogen-bond acceptors (Lipinski definition) is 4. The van der Waals surface area contributed by atoms with E-state index in [0.717, 1.165) is 23.7 Å². The third kappa shape index (κ3) is 1.65. The molecule has 0 saturated heterocycles. The Morgan fingerprint density at radius 2 is 2.17 bits per heavy atom. The number of hydrogen-bond donors (Lipinski definition) is 2. The predicted molar refractivity (Wildman–Crippen MR) is 73.0 cm³/mol. The van der Waals surface area contributed by atoms with E-state index in [0.29, 0.717) is 6.04 Å². The van der Waals surface area contributed by atoms with E-state index in [4.69, 9.17) is 4.98 Å². The Labute approximate surface area is 110 Å². The summed E-state index contributed by atoms with van der Waals surface area (Å²) in [5.74, 6) is 0. The highest BCUT2D eigenvalue weighted by atomic mass is 32.1. The van der Waals surface area contributed by atoms with Crippen molar-refractivity contribution in [1.29, 1.82) is 0 Å². The van der Waals surface area contributed by atoms with Gasteiger partial charge < -0.3 is 5.32 Å². The Hall–Kier alpha value is -1.36. The molecule has 2 aliphatic carbocycles. The molecule has 2 aromatic heterocycles.